The maximum absolute atomic E-state index is 13.2. The van der Waals surface area contributed by atoms with Gasteiger partial charge in [-0.3, -0.25) is 24.0 Å². The molecule has 7 rings (SSSR count). The summed E-state index contributed by atoms with van der Waals surface area (Å²) in [7, 11) is 0. The summed E-state index contributed by atoms with van der Waals surface area (Å²) >= 11 is 0. The van der Waals surface area contributed by atoms with Crippen molar-refractivity contribution in [3.05, 3.63) is 179 Å². The lowest BCUT2D eigenvalue weighted by molar-refractivity contribution is -0.334. The summed E-state index contributed by atoms with van der Waals surface area (Å²) < 4.78 is 83.4. The normalized spacial score (nSPS) is 23.2. The van der Waals surface area contributed by atoms with Crippen molar-refractivity contribution in [2.75, 3.05) is 13.2 Å². The Kier molecular flexibility index (Phi) is 22.2. The molecular formula is C59H66O18. The van der Waals surface area contributed by atoms with Crippen molar-refractivity contribution < 1.29 is 85.6 Å². The second-order valence-electron chi connectivity index (χ2n) is 18.4. The minimum Gasteiger partial charge on any atom is -0.462 e. The highest BCUT2D eigenvalue weighted by Crippen LogP contribution is 2.39. The average molecular weight is 1060 g/mol. The zero-order valence-electron chi connectivity index (χ0n) is 43.7. The first-order valence-electron chi connectivity index (χ1n) is 25.3. The third-order valence-corrected chi connectivity index (χ3v) is 12.3. The number of hydrogen-bond donors (Lipinski definition) is 0. The van der Waals surface area contributed by atoms with Crippen LogP contribution < -0.4 is 0 Å². The zero-order chi connectivity index (χ0) is 54.5. The van der Waals surface area contributed by atoms with Crippen LogP contribution in [0.25, 0.3) is 0 Å². The summed E-state index contributed by atoms with van der Waals surface area (Å²) in [5, 5.41) is 0. The highest BCUT2D eigenvalue weighted by molar-refractivity contribution is 5.69. The molecule has 410 valence electrons. The molecule has 0 bridgehead atoms. The van der Waals surface area contributed by atoms with Crippen LogP contribution in [0.5, 0.6) is 0 Å². The van der Waals surface area contributed by atoms with Gasteiger partial charge in [0.15, 0.2) is 37.0 Å². The lowest BCUT2D eigenvalue weighted by atomic mass is 9.94. The highest BCUT2D eigenvalue weighted by Gasteiger charge is 2.59. The smallest absolute Gasteiger partial charge is 0.303 e. The Hall–Kier alpha value is -6.87. The molecule has 2 aliphatic rings. The maximum Gasteiger partial charge on any atom is 0.303 e. The molecule has 5 aromatic rings. The molecule has 0 amide bonds. The Morgan fingerprint density at radius 2 is 0.857 bits per heavy atom. The summed E-state index contributed by atoms with van der Waals surface area (Å²) in [6.07, 6.45) is -17.0. The van der Waals surface area contributed by atoms with E-state index in [0.717, 1.165) is 62.4 Å². The van der Waals surface area contributed by atoms with Gasteiger partial charge in [-0.15, -0.1) is 0 Å². The van der Waals surface area contributed by atoms with Crippen molar-refractivity contribution in [3.8, 4) is 0 Å². The number of carbonyl (C=O) groups excluding carboxylic acids is 5. The Bertz CT molecular complexity index is 2590. The number of ether oxygens (including phenoxy) is 13. The lowest BCUT2D eigenvalue weighted by Crippen LogP contribution is -2.66. The van der Waals surface area contributed by atoms with Gasteiger partial charge in [0.05, 0.1) is 39.6 Å². The maximum atomic E-state index is 13.2. The molecule has 12 atom stereocenters. The van der Waals surface area contributed by atoms with Crippen molar-refractivity contribution in [2.24, 2.45) is 0 Å². The van der Waals surface area contributed by atoms with Gasteiger partial charge in [-0.05, 0) is 27.8 Å². The van der Waals surface area contributed by atoms with Gasteiger partial charge in [0, 0.05) is 34.6 Å². The molecule has 2 saturated heterocycles. The molecule has 2 aliphatic heterocycles. The second-order valence-corrected chi connectivity index (χ2v) is 18.4. The number of esters is 5. The van der Waals surface area contributed by atoms with Crippen LogP contribution in [-0.4, -0.2) is 117 Å². The molecule has 0 saturated carbocycles. The van der Waals surface area contributed by atoms with E-state index in [-0.39, 0.29) is 39.6 Å². The first-order valence-corrected chi connectivity index (χ1v) is 25.3. The number of benzene rings is 5. The zero-order valence-corrected chi connectivity index (χ0v) is 43.7. The minimum absolute atomic E-state index is 0.0132. The fourth-order valence-corrected chi connectivity index (χ4v) is 8.94. The summed E-state index contributed by atoms with van der Waals surface area (Å²) in [5.41, 5.74) is 4.18. The van der Waals surface area contributed by atoms with E-state index in [1.54, 1.807) is 0 Å². The molecule has 2 fully saturated rings. The van der Waals surface area contributed by atoms with Crippen LogP contribution in [0.2, 0.25) is 0 Å². The van der Waals surface area contributed by atoms with Gasteiger partial charge in [-0.25, -0.2) is 0 Å². The van der Waals surface area contributed by atoms with E-state index in [2.05, 4.69) is 0 Å². The van der Waals surface area contributed by atoms with Crippen LogP contribution in [0.3, 0.4) is 0 Å². The van der Waals surface area contributed by atoms with E-state index >= 15 is 0 Å². The van der Waals surface area contributed by atoms with Crippen LogP contribution in [0.1, 0.15) is 62.4 Å². The summed E-state index contributed by atoms with van der Waals surface area (Å²) in [6.45, 7) is 5.38. The van der Waals surface area contributed by atoms with Gasteiger partial charge >= 0.3 is 29.8 Å². The van der Waals surface area contributed by atoms with Gasteiger partial charge in [0.25, 0.3) is 0 Å². The lowest BCUT2D eigenvalue weighted by Gasteiger charge is -2.47. The number of carbonyl (C=O) groups is 5. The number of rotatable bonds is 27. The van der Waals surface area contributed by atoms with Gasteiger partial charge < -0.3 is 61.6 Å². The van der Waals surface area contributed by atoms with Crippen molar-refractivity contribution in [1.29, 1.82) is 0 Å². The third-order valence-electron chi connectivity index (χ3n) is 12.3. The van der Waals surface area contributed by atoms with Crippen molar-refractivity contribution in [2.45, 2.75) is 141 Å². The van der Waals surface area contributed by atoms with Crippen LogP contribution in [0.15, 0.2) is 152 Å². The van der Waals surface area contributed by atoms with Gasteiger partial charge in [0.2, 0.25) is 0 Å². The molecule has 5 aromatic carbocycles. The van der Waals surface area contributed by atoms with Gasteiger partial charge in [-0.2, -0.15) is 0 Å². The van der Waals surface area contributed by atoms with E-state index in [1.165, 1.54) is 0 Å². The predicted molar refractivity (Wildman–Crippen MR) is 273 cm³/mol. The largest absolute Gasteiger partial charge is 0.462 e. The molecular weight excluding hydrogens is 997 g/mol. The molecule has 0 N–H and O–H groups in total. The minimum atomic E-state index is -1.80. The SMILES string of the molecule is CC(=O)OC[C@H](OC(C)=O)[C@H]1O[C@H](O[C@H]2[C@@H]([C@H](OCc3ccccc3)[C@H](COCc3ccccc3)OCc3ccccc3)O[C@H](OCc3ccccc3)[C@H]2OCc2ccccc2)[C@@H](OC(C)=O)[C@@H](OC(C)=O)[C@@H]1OC(C)=O. The molecule has 0 spiro atoms. The molecule has 0 aromatic heterocycles. The fraction of sp³-hybridized carbons (Fsp3) is 0.407. The molecule has 0 unspecified atom stereocenters. The molecule has 0 aliphatic carbocycles. The molecule has 2 heterocycles. The summed E-state index contributed by atoms with van der Waals surface area (Å²) in [5.74, 6) is -4.19. The molecule has 18 nitrogen and oxygen atoms in total. The van der Waals surface area contributed by atoms with E-state index < -0.39 is 110 Å². The van der Waals surface area contributed by atoms with Crippen LogP contribution in [0, 0.1) is 0 Å². The quantitative estimate of drug-likeness (QED) is 0.0374. The van der Waals surface area contributed by atoms with Crippen LogP contribution in [0.4, 0.5) is 0 Å². The Labute approximate surface area is 448 Å². The molecule has 0 radical (unpaired) electrons. The Morgan fingerprint density at radius 1 is 0.416 bits per heavy atom. The Balaban J connectivity index is 1.39. The fourth-order valence-electron chi connectivity index (χ4n) is 8.94. The predicted octanol–water partition coefficient (Wildman–Crippen LogP) is 7.30. The van der Waals surface area contributed by atoms with E-state index in [9.17, 15) is 24.0 Å². The van der Waals surface area contributed by atoms with Crippen molar-refractivity contribution >= 4 is 29.8 Å². The molecule has 18 heteroatoms. The second kappa shape index (κ2) is 29.6. The average Bonchev–Trinajstić information content (AvgIpc) is 3.78. The summed E-state index contributed by atoms with van der Waals surface area (Å²) in [6, 6.07) is 47.5. The topological polar surface area (TPSA) is 205 Å². The van der Waals surface area contributed by atoms with Crippen molar-refractivity contribution in [1.82, 2.24) is 0 Å². The standard InChI is InChI=1S/C59H66O18/c1-38(60)66-37-49(71-39(2)61)51-53(72-40(3)62)55(73-41(4)63)57(74-42(5)64)59(75-51)77-54-52(76-58(70-35-47-29-19-10-20-30-47)56(54)69-34-46-27-17-9-18-28-46)50(68-33-45-25-15-8-16-26-45)48(67-32-44-23-13-7-14-24-44)36-65-31-43-21-11-6-12-22-43/h6-30,48-59H,31-37H2,1-5H3/t48-,49-,50+,51+,52+,53+,54-,55-,56-,57-,58-,59+/m0/s1. The third kappa shape index (κ3) is 17.8. The number of hydrogen-bond acceptors (Lipinski definition) is 18. The van der Waals surface area contributed by atoms with E-state index in [1.807, 2.05) is 152 Å². The van der Waals surface area contributed by atoms with E-state index in [0.29, 0.717) is 0 Å². The molecule has 77 heavy (non-hydrogen) atoms. The van der Waals surface area contributed by atoms with Crippen molar-refractivity contribution in [3.63, 3.8) is 0 Å². The first-order chi connectivity index (χ1) is 37.3. The Morgan fingerprint density at radius 3 is 1.35 bits per heavy atom. The highest BCUT2D eigenvalue weighted by atomic mass is 16.8. The van der Waals surface area contributed by atoms with E-state index in [4.69, 9.17) is 61.6 Å². The van der Waals surface area contributed by atoms with Gasteiger partial charge in [0.1, 0.15) is 43.2 Å². The monoisotopic (exact) mass is 1060 g/mol. The van der Waals surface area contributed by atoms with Crippen LogP contribution in [-0.2, 0) is 119 Å². The summed E-state index contributed by atoms with van der Waals surface area (Å²) in [4.78, 5) is 64.3. The van der Waals surface area contributed by atoms with Gasteiger partial charge in [-0.1, -0.05) is 152 Å². The first kappa shape index (κ1) is 57.8. The van der Waals surface area contributed by atoms with Crippen LogP contribution >= 0.6 is 0 Å².